The highest BCUT2D eigenvalue weighted by molar-refractivity contribution is 6.13. The molecule has 0 fully saturated rings. The zero-order valence-electron chi connectivity index (χ0n) is 30.8. The topological polar surface area (TPSA) is 48.5 Å². The highest BCUT2D eigenvalue weighted by atomic mass is 15.0. The molecule has 0 amide bonds. The molecule has 0 N–H and O–H groups in total. The lowest BCUT2D eigenvalue weighted by molar-refractivity contribution is 0.857. The minimum atomic E-state index is -0.229. The van der Waals surface area contributed by atoms with Crippen molar-refractivity contribution < 1.29 is 0 Å². The summed E-state index contributed by atoms with van der Waals surface area (Å²) in [5.41, 5.74) is 13.7. The van der Waals surface area contributed by atoms with Crippen LogP contribution >= 0.6 is 0 Å². The lowest BCUT2D eigenvalue weighted by atomic mass is 9.93. The number of nitrogens with zero attached hydrogens (tertiary/aromatic N) is 5. The van der Waals surface area contributed by atoms with E-state index in [2.05, 4.69) is 167 Å². The maximum atomic E-state index is 5.33. The van der Waals surface area contributed by atoms with Crippen molar-refractivity contribution in [1.82, 2.24) is 24.1 Å². The van der Waals surface area contributed by atoms with E-state index in [0.717, 1.165) is 33.8 Å². The molecule has 0 radical (unpaired) electrons. The van der Waals surface area contributed by atoms with Gasteiger partial charge in [0.2, 0.25) is 0 Å². The number of benzene rings is 8. The van der Waals surface area contributed by atoms with Crippen molar-refractivity contribution in [2.45, 2.75) is 5.92 Å². The van der Waals surface area contributed by atoms with Crippen LogP contribution in [0, 0.1) is 0 Å². The molecule has 1 atom stereocenters. The minimum absolute atomic E-state index is 0.229. The number of rotatable bonds is 5. The van der Waals surface area contributed by atoms with E-state index in [0.29, 0.717) is 11.6 Å². The molecule has 57 heavy (non-hydrogen) atoms. The van der Waals surface area contributed by atoms with Crippen LogP contribution in [0.1, 0.15) is 22.9 Å². The Morgan fingerprint density at radius 1 is 0.351 bits per heavy atom. The number of aromatic nitrogens is 5. The predicted octanol–water partition coefficient (Wildman–Crippen LogP) is 12.6. The first kappa shape index (κ1) is 31.7. The summed E-state index contributed by atoms with van der Waals surface area (Å²) in [4.78, 5) is 15.7. The van der Waals surface area contributed by atoms with Crippen molar-refractivity contribution in [2.24, 2.45) is 0 Å². The van der Waals surface area contributed by atoms with Crippen LogP contribution in [-0.2, 0) is 0 Å². The Balaban J connectivity index is 1.11. The fourth-order valence-electron chi connectivity index (χ4n) is 9.20. The third-order valence-corrected chi connectivity index (χ3v) is 11.6. The fraction of sp³-hybridized carbons (Fsp3) is 0.0192. The van der Waals surface area contributed by atoms with E-state index in [-0.39, 0.29) is 5.92 Å². The quantitative estimate of drug-likeness (QED) is 0.177. The monoisotopic (exact) mass is 727 g/mol. The molecule has 0 saturated heterocycles. The summed E-state index contributed by atoms with van der Waals surface area (Å²) in [6.07, 6.45) is 0. The van der Waals surface area contributed by atoms with Gasteiger partial charge in [0, 0.05) is 44.0 Å². The molecule has 0 saturated carbocycles. The summed E-state index contributed by atoms with van der Waals surface area (Å²) >= 11 is 0. The van der Waals surface area contributed by atoms with Gasteiger partial charge in [-0.3, -0.25) is 0 Å². The first-order valence-corrected chi connectivity index (χ1v) is 19.4. The van der Waals surface area contributed by atoms with Gasteiger partial charge in [0.05, 0.1) is 28.0 Å². The summed E-state index contributed by atoms with van der Waals surface area (Å²) in [7, 11) is 0. The van der Waals surface area contributed by atoms with E-state index in [1.807, 2.05) is 36.4 Å². The Morgan fingerprint density at radius 2 is 0.825 bits per heavy atom. The van der Waals surface area contributed by atoms with Gasteiger partial charge in [0.1, 0.15) is 5.82 Å². The van der Waals surface area contributed by atoms with E-state index in [1.165, 1.54) is 60.3 Å². The number of para-hydroxylation sites is 3. The molecular weight excluding hydrogens is 695 g/mol. The van der Waals surface area contributed by atoms with E-state index >= 15 is 0 Å². The second-order valence-electron chi connectivity index (χ2n) is 14.8. The molecule has 0 bridgehead atoms. The van der Waals surface area contributed by atoms with Gasteiger partial charge in [0.15, 0.2) is 11.6 Å². The molecule has 1 aliphatic rings. The van der Waals surface area contributed by atoms with Gasteiger partial charge in [0.25, 0.3) is 0 Å². The zero-order chi connectivity index (χ0) is 37.5. The second-order valence-corrected chi connectivity index (χ2v) is 14.8. The Hall–Kier alpha value is -7.63. The molecular formula is C52H33N5. The van der Waals surface area contributed by atoms with Crippen molar-refractivity contribution in [3.63, 3.8) is 0 Å². The molecule has 1 aliphatic carbocycles. The van der Waals surface area contributed by atoms with Crippen molar-refractivity contribution in [2.75, 3.05) is 0 Å². The molecule has 3 aromatic heterocycles. The van der Waals surface area contributed by atoms with Crippen molar-refractivity contribution >= 4 is 43.6 Å². The van der Waals surface area contributed by atoms with Gasteiger partial charge in [-0.2, -0.15) is 0 Å². The predicted molar refractivity (Wildman–Crippen MR) is 232 cm³/mol. The third-order valence-electron chi connectivity index (χ3n) is 11.6. The Morgan fingerprint density at radius 3 is 1.42 bits per heavy atom. The third kappa shape index (κ3) is 4.79. The normalized spacial score (nSPS) is 13.4. The molecule has 5 nitrogen and oxygen atoms in total. The highest BCUT2D eigenvalue weighted by Crippen LogP contribution is 2.52. The van der Waals surface area contributed by atoms with Gasteiger partial charge in [-0.05, 0) is 64.7 Å². The molecule has 266 valence electrons. The Bertz CT molecular complexity index is 3230. The van der Waals surface area contributed by atoms with Gasteiger partial charge in [-0.25, -0.2) is 15.0 Å². The molecule has 0 spiro atoms. The van der Waals surface area contributed by atoms with Gasteiger partial charge >= 0.3 is 0 Å². The average molecular weight is 728 g/mol. The SMILES string of the molecule is c1ccc(-c2nc(-c3ccccc3)nc(C3c4ccccc4-c4ccc5c6ccccc6n(-c6ccc(-n7c8ccccc8c8ccccc87)cc6)c5c43)n2)cc1. The highest BCUT2D eigenvalue weighted by Gasteiger charge is 2.36. The van der Waals surface area contributed by atoms with Crippen LogP contribution in [-0.4, -0.2) is 24.1 Å². The molecule has 3 heterocycles. The number of fused-ring (bicyclic) bond motifs is 10. The number of hydrogen-bond donors (Lipinski definition) is 0. The molecule has 0 aliphatic heterocycles. The van der Waals surface area contributed by atoms with E-state index < -0.39 is 0 Å². The van der Waals surface area contributed by atoms with E-state index in [1.54, 1.807) is 0 Å². The van der Waals surface area contributed by atoms with Crippen molar-refractivity contribution in [1.29, 1.82) is 0 Å². The van der Waals surface area contributed by atoms with Gasteiger partial charge < -0.3 is 9.13 Å². The largest absolute Gasteiger partial charge is 0.309 e. The Kier molecular flexibility index (Phi) is 6.92. The second kappa shape index (κ2) is 12.4. The molecule has 5 heteroatoms. The summed E-state index contributed by atoms with van der Waals surface area (Å²) in [5.74, 6) is 1.84. The van der Waals surface area contributed by atoms with Crippen LogP contribution in [0.15, 0.2) is 194 Å². The minimum Gasteiger partial charge on any atom is -0.309 e. The average Bonchev–Trinajstić information content (AvgIpc) is 3.93. The van der Waals surface area contributed by atoms with Gasteiger partial charge in [-0.1, -0.05) is 152 Å². The Labute approximate surface area is 328 Å². The first-order chi connectivity index (χ1) is 28.3. The summed E-state index contributed by atoms with van der Waals surface area (Å²) in [6.45, 7) is 0. The lowest BCUT2D eigenvalue weighted by Gasteiger charge is -2.18. The van der Waals surface area contributed by atoms with Crippen LogP contribution in [0.2, 0.25) is 0 Å². The smallest absolute Gasteiger partial charge is 0.163 e. The molecule has 1 unspecified atom stereocenters. The van der Waals surface area contributed by atoms with Gasteiger partial charge in [-0.15, -0.1) is 0 Å². The molecule has 11 aromatic rings. The molecule has 8 aromatic carbocycles. The maximum Gasteiger partial charge on any atom is 0.163 e. The standard InChI is InChI=1S/C52H33N5/c1-3-15-33(16-4-1)50-53-51(34-17-5-2-6-18-34)55-52(54-50)48-41-23-8-7-19-37(41)42-31-32-43-40-22-11-14-26-46(40)57(49(43)47(42)48)36-29-27-35(28-30-36)56-44-24-12-9-20-38(44)39-21-10-13-25-45(39)56/h1-32,48H. The van der Waals surface area contributed by atoms with E-state index in [4.69, 9.17) is 15.0 Å². The van der Waals surface area contributed by atoms with Crippen LogP contribution < -0.4 is 0 Å². The fourth-order valence-corrected chi connectivity index (χ4v) is 9.20. The zero-order valence-corrected chi connectivity index (χ0v) is 30.8. The maximum absolute atomic E-state index is 5.33. The van der Waals surface area contributed by atoms with Crippen LogP contribution in [0.3, 0.4) is 0 Å². The summed E-state index contributed by atoms with van der Waals surface area (Å²) < 4.78 is 4.83. The van der Waals surface area contributed by atoms with E-state index in [9.17, 15) is 0 Å². The first-order valence-electron chi connectivity index (χ1n) is 19.4. The van der Waals surface area contributed by atoms with Crippen molar-refractivity contribution in [3.8, 4) is 45.3 Å². The van der Waals surface area contributed by atoms with Crippen LogP contribution in [0.25, 0.3) is 88.9 Å². The lowest BCUT2D eigenvalue weighted by Crippen LogP contribution is -2.10. The summed E-state index contributed by atoms with van der Waals surface area (Å²) in [6, 6.07) is 69.0. The molecule has 12 rings (SSSR count). The van der Waals surface area contributed by atoms with Crippen LogP contribution in [0.5, 0.6) is 0 Å². The summed E-state index contributed by atoms with van der Waals surface area (Å²) in [5, 5.41) is 4.92. The van der Waals surface area contributed by atoms with Crippen LogP contribution in [0.4, 0.5) is 0 Å². The van der Waals surface area contributed by atoms with Crippen molar-refractivity contribution in [3.05, 3.63) is 211 Å². The number of hydrogen-bond acceptors (Lipinski definition) is 3.